The molecule has 1 aromatic rings. The van der Waals surface area contributed by atoms with Crippen LogP contribution in [-0.4, -0.2) is 13.3 Å². The van der Waals surface area contributed by atoms with E-state index in [0.29, 0.717) is 5.56 Å². The molecule has 0 unspecified atom stereocenters. The second kappa shape index (κ2) is 8.66. The van der Waals surface area contributed by atoms with Gasteiger partial charge in [-0.05, 0) is 29.3 Å². The fourth-order valence-corrected chi connectivity index (χ4v) is 3.07. The van der Waals surface area contributed by atoms with Crippen molar-refractivity contribution in [2.24, 2.45) is 11.7 Å². The van der Waals surface area contributed by atoms with Crippen molar-refractivity contribution in [1.29, 1.82) is 0 Å². The normalized spacial score (nSPS) is 9.76. The number of hydrogen-bond donors (Lipinski definition) is 2. The highest BCUT2D eigenvalue weighted by atomic mass is 35.5. The van der Waals surface area contributed by atoms with E-state index in [2.05, 4.69) is 31.3 Å². The van der Waals surface area contributed by atoms with Crippen LogP contribution >= 0.6 is 24.0 Å². The Bertz CT molecular complexity index is 354. The molecule has 0 radical (unpaired) electrons. The number of carbonyl (C=O) groups is 1. The SMILES string of the molecule is C[Si](C)(C)Cc1ccccc1C(=O)Cl.Cl.NN. The second-order valence-electron chi connectivity index (χ2n) is 4.67. The maximum Gasteiger partial charge on any atom is 0.252 e. The Labute approximate surface area is 115 Å². The van der Waals surface area contributed by atoms with Crippen molar-refractivity contribution in [3.8, 4) is 0 Å². The van der Waals surface area contributed by atoms with E-state index in [1.54, 1.807) is 6.07 Å². The zero-order valence-corrected chi connectivity index (χ0v) is 12.9. The Balaban J connectivity index is 0. The first-order valence-electron chi connectivity index (χ1n) is 5.01. The zero-order valence-electron chi connectivity index (χ0n) is 10.4. The van der Waals surface area contributed by atoms with Crippen LogP contribution in [0.2, 0.25) is 19.6 Å². The summed E-state index contributed by atoms with van der Waals surface area (Å²) in [7, 11) is -1.19. The summed E-state index contributed by atoms with van der Waals surface area (Å²) >= 11 is 5.51. The molecule has 4 N–H and O–H groups in total. The number of hydrazine groups is 1. The highest BCUT2D eigenvalue weighted by Gasteiger charge is 2.17. The van der Waals surface area contributed by atoms with Gasteiger partial charge in [-0.1, -0.05) is 37.8 Å². The summed E-state index contributed by atoms with van der Waals surface area (Å²) in [6.07, 6.45) is 0. The third kappa shape index (κ3) is 7.52. The Morgan fingerprint density at radius 2 is 1.71 bits per heavy atom. The van der Waals surface area contributed by atoms with Gasteiger partial charge in [-0.2, -0.15) is 0 Å². The fourth-order valence-electron chi connectivity index (χ4n) is 1.44. The lowest BCUT2D eigenvalue weighted by molar-refractivity contribution is 0.108. The molecule has 6 heteroatoms. The molecule has 0 amide bonds. The quantitative estimate of drug-likeness (QED) is 0.390. The van der Waals surface area contributed by atoms with Crippen molar-refractivity contribution in [1.82, 2.24) is 0 Å². The van der Waals surface area contributed by atoms with Gasteiger partial charge in [0.1, 0.15) is 0 Å². The zero-order chi connectivity index (χ0) is 12.8. The summed E-state index contributed by atoms with van der Waals surface area (Å²) in [4.78, 5) is 11.1. The summed E-state index contributed by atoms with van der Waals surface area (Å²) in [6, 6.07) is 8.60. The van der Waals surface area contributed by atoms with E-state index in [4.69, 9.17) is 11.6 Å². The Kier molecular flexibility index (Phi) is 9.66. The lowest BCUT2D eigenvalue weighted by atomic mass is 10.1. The second-order valence-corrected chi connectivity index (χ2v) is 10.5. The maximum atomic E-state index is 11.1. The van der Waals surface area contributed by atoms with Gasteiger partial charge in [0, 0.05) is 13.6 Å². The predicted molar refractivity (Wildman–Crippen MR) is 79.3 cm³/mol. The summed E-state index contributed by atoms with van der Waals surface area (Å²) in [5, 5.41) is -0.348. The third-order valence-corrected chi connectivity index (χ3v) is 3.60. The molecule has 0 heterocycles. The van der Waals surface area contributed by atoms with E-state index < -0.39 is 8.07 Å². The van der Waals surface area contributed by atoms with Gasteiger partial charge in [-0.3, -0.25) is 16.5 Å². The molecule has 0 saturated carbocycles. The standard InChI is InChI=1S/C11H15ClOSi.ClH.H4N2/c1-14(2,3)8-9-6-4-5-7-10(9)11(12)13;;1-2/h4-7H,8H2,1-3H3;1H;1-2H2. The van der Waals surface area contributed by atoms with Gasteiger partial charge in [0.2, 0.25) is 0 Å². The van der Waals surface area contributed by atoms with Gasteiger partial charge in [-0.25, -0.2) is 0 Å². The minimum absolute atomic E-state index is 0. The first-order chi connectivity index (χ1) is 7.40. The summed E-state index contributed by atoms with van der Waals surface area (Å²) in [6.45, 7) is 6.84. The van der Waals surface area contributed by atoms with Gasteiger partial charge in [0.15, 0.2) is 0 Å². The Morgan fingerprint density at radius 3 is 2.12 bits per heavy atom. The molecule has 0 bridgehead atoms. The summed E-state index contributed by atoms with van der Waals surface area (Å²) in [5.41, 5.74) is 1.75. The van der Waals surface area contributed by atoms with Crippen molar-refractivity contribution >= 4 is 37.3 Å². The van der Waals surface area contributed by atoms with Gasteiger partial charge in [-0.15, -0.1) is 12.4 Å². The van der Waals surface area contributed by atoms with Gasteiger partial charge in [0.25, 0.3) is 5.24 Å². The van der Waals surface area contributed by atoms with Crippen LogP contribution in [0.15, 0.2) is 24.3 Å². The van der Waals surface area contributed by atoms with Crippen molar-refractivity contribution in [3.63, 3.8) is 0 Å². The van der Waals surface area contributed by atoms with Crippen molar-refractivity contribution < 1.29 is 4.79 Å². The minimum atomic E-state index is -1.19. The van der Waals surface area contributed by atoms with Crippen LogP contribution in [0.25, 0.3) is 0 Å². The van der Waals surface area contributed by atoms with Gasteiger partial charge in [0.05, 0.1) is 0 Å². The monoisotopic (exact) mass is 294 g/mol. The van der Waals surface area contributed by atoms with Crippen LogP contribution in [0.3, 0.4) is 0 Å². The molecule has 98 valence electrons. The number of hydrogen-bond acceptors (Lipinski definition) is 3. The molecule has 0 saturated heterocycles. The fraction of sp³-hybridized carbons (Fsp3) is 0.364. The molecular weight excluding hydrogens is 275 g/mol. The molecule has 0 aromatic heterocycles. The van der Waals surface area contributed by atoms with Crippen molar-refractivity contribution in [2.75, 3.05) is 0 Å². The van der Waals surface area contributed by atoms with E-state index in [9.17, 15) is 4.79 Å². The highest BCUT2D eigenvalue weighted by Crippen LogP contribution is 2.17. The van der Waals surface area contributed by atoms with Crippen molar-refractivity contribution in [2.45, 2.75) is 25.7 Å². The third-order valence-electron chi connectivity index (χ3n) is 1.95. The smallest absolute Gasteiger partial charge is 0.252 e. The van der Waals surface area contributed by atoms with Crippen LogP contribution in [0.1, 0.15) is 15.9 Å². The molecule has 1 aromatic carbocycles. The van der Waals surface area contributed by atoms with Crippen LogP contribution in [0, 0.1) is 0 Å². The molecule has 0 aliphatic rings. The number of rotatable bonds is 3. The summed E-state index contributed by atoms with van der Waals surface area (Å²) in [5.74, 6) is 8.00. The lowest BCUT2D eigenvalue weighted by Gasteiger charge is -2.17. The number of nitrogens with two attached hydrogens (primary N) is 2. The molecule has 0 fully saturated rings. The van der Waals surface area contributed by atoms with Crippen LogP contribution in [-0.2, 0) is 6.04 Å². The van der Waals surface area contributed by atoms with Gasteiger partial charge >= 0.3 is 0 Å². The molecule has 0 aliphatic heterocycles. The van der Waals surface area contributed by atoms with E-state index >= 15 is 0 Å². The molecule has 0 aliphatic carbocycles. The summed E-state index contributed by atoms with van der Waals surface area (Å²) < 4.78 is 0. The Hall–Kier alpha value is -0.393. The highest BCUT2D eigenvalue weighted by molar-refractivity contribution is 6.75. The van der Waals surface area contributed by atoms with E-state index in [-0.39, 0.29) is 17.6 Å². The minimum Gasteiger partial charge on any atom is -0.276 e. The van der Waals surface area contributed by atoms with Crippen molar-refractivity contribution in [3.05, 3.63) is 35.4 Å². The molecular formula is C11H20Cl2N2OSi. The topological polar surface area (TPSA) is 69.1 Å². The van der Waals surface area contributed by atoms with E-state index in [1.165, 1.54) is 0 Å². The maximum absolute atomic E-state index is 11.1. The van der Waals surface area contributed by atoms with Crippen LogP contribution in [0.4, 0.5) is 0 Å². The Morgan fingerprint density at radius 1 is 1.24 bits per heavy atom. The first kappa shape index (κ1) is 19.0. The van der Waals surface area contributed by atoms with E-state index in [0.717, 1.165) is 11.6 Å². The van der Waals surface area contributed by atoms with Gasteiger partial charge < -0.3 is 0 Å². The molecule has 17 heavy (non-hydrogen) atoms. The molecule has 3 nitrogen and oxygen atoms in total. The predicted octanol–water partition coefficient (Wildman–Crippen LogP) is 2.73. The average molecular weight is 295 g/mol. The van der Waals surface area contributed by atoms with Crippen LogP contribution < -0.4 is 11.7 Å². The first-order valence-corrected chi connectivity index (χ1v) is 9.10. The largest absolute Gasteiger partial charge is 0.276 e. The number of halogens is 2. The molecule has 0 atom stereocenters. The number of benzene rings is 1. The molecule has 1 rings (SSSR count). The average Bonchev–Trinajstić information content (AvgIpc) is 2.19. The lowest BCUT2D eigenvalue weighted by Crippen LogP contribution is -2.24. The number of carbonyl (C=O) groups excluding carboxylic acids is 1. The van der Waals surface area contributed by atoms with Crippen LogP contribution in [0.5, 0.6) is 0 Å². The van der Waals surface area contributed by atoms with E-state index in [1.807, 2.05) is 18.2 Å². The molecule has 0 spiro atoms.